The van der Waals surface area contributed by atoms with Gasteiger partial charge in [0.05, 0.1) is 10.9 Å². The smallest absolute Gasteiger partial charge is 0.262 e. The first-order valence-electron chi connectivity index (χ1n) is 10.1. The Labute approximate surface area is 169 Å². The average molecular weight is 402 g/mol. The third kappa shape index (κ3) is 4.58. The summed E-state index contributed by atoms with van der Waals surface area (Å²) in [5, 5.41) is 0.524. The molecule has 1 saturated heterocycles. The number of nitrogens with one attached hydrogen (secondary N) is 1. The van der Waals surface area contributed by atoms with Crippen molar-refractivity contribution in [3.05, 3.63) is 38.9 Å². The van der Waals surface area contributed by atoms with Gasteiger partial charge in [-0.3, -0.25) is 19.0 Å². The molecule has 7 heteroatoms. The molecule has 3 rings (SSSR count). The highest BCUT2D eigenvalue weighted by Gasteiger charge is 2.19. The summed E-state index contributed by atoms with van der Waals surface area (Å²) in [4.78, 5) is 41.8. The summed E-state index contributed by atoms with van der Waals surface area (Å²) in [5.74, 6) is 0.279. The number of amides is 1. The third-order valence-corrected chi connectivity index (χ3v) is 5.61. The van der Waals surface area contributed by atoms with E-state index in [0.717, 1.165) is 32.2 Å². The predicted octanol–water partition coefficient (Wildman–Crippen LogP) is 3.83. The van der Waals surface area contributed by atoms with Gasteiger partial charge in [0.1, 0.15) is 0 Å². The van der Waals surface area contributed by atoms with Crippen molar-refractivity contribution < 1.29 is 9.59 Å². The zero-order valence-corrected chi connectivity index (χ0v) is 17.1. The van der Waals surface area contributed by atoms with Crippen LogP contribution < -0.4 is 5.56 Å². The molecule has 28 heavy (non-hydrogen) atoms. The SMILES string of the molecule is CCCCCC(=O)c1ccc2c(=O)n(CCCN3CCCC3=O)c(=S)[nH]c2c1. The normalized spacial score (nSPS) is 14.2. The zero-order chi connectivity index (χ0) is 20.1. The lowest BCUT2D eigenvalue weighted by Crippen LogP contribution is -2.28. The van der Waals surface area contributed by atoms with Crippen LogP contribution in [0, 0.1) is 4.77 Å². The molecule has 0 unspecified atom stereocenters. The van der Waals surface area contributed by atoms with Gasteiger partial charge >= 0.3 is 0 Å². The molecular weight excluding hydrogens is 374 g/mol. The predicted molar refractivity (Wildman–Crippen MR) is 112 cm³/mol. The maximum atomic E-state index is 12.8. The number of likely N-dealkylation sites (tertiary alicyclic amines) is 1. The number of fused-ring (bicyclic) bond motifs is 1. The molecule has 2 aromatic rings. The lowest BCUT2D eigenvalue weighted by Gasteiger charge is -2.16. The summed E-state index contributed by atoms with van der Waals surface area (Å²) < 4.78 is 1.89. The van der Waals surface area contributed by atoms with E-state index in [1.807, 2.05) is 4.90 Å². The zero-order valence-electron chi connectivity index (χ0n) is 16.3. The molecule has 1 N–H and O–H groups in total. The largest absolute Gasteiger partial charge is 0.343 e. The number of ketones is 1. The van der Waals surface area contributed by atoms with Crippen molar-refractivity contribution in [2.45, 2.75) is 58.4 Å². The second-order valence-corrected chi connectivity index (χ2v) is 7.75. The van der Waals surface area contributed by atoms with Crippen LogP contribution in [0.15, 0.2) is 23.0 Å². The van der Waals surface area contributed by atoms with E-state index in [4.69, 9.17) is 12.2 Å². The summed E-state index contributed by atoms with van der Waals surface area (Å²) in [5.41, 5.74) is 1.05. The molecule has 0 spiro atoms. The number of aromatic nitrogens is 2. The van der Waals surface area contributed by atoms with Crippen LogP contribution >= 0.6 is 12.2 Å². The molecule has 1 aromatic carbocycles. The third-order valence-electron chi connectivity index (χ3n) is 5.29. The molecule has 0 atom stereocenters. The van der Waals surface area contributed by atoms with Crippen LogP contribution in [0.2, 0.25) is 0 Å². The highest BCUT2D eigenvalue weighted by atomic mass is 32.1. The first kappa shape index (κ1) is 20.5. The number of carbonyl (C=O) groups excluding carboxylic acids is 2. The number of carbonyl (C=O) groups is 2. The Kier molecular flexibility index (Phi) is 6.78. The second-order valence-electron chi connectivity index (χ2n) is 7.37. The Hall–Kier alpha value is -2.28. The van der Waals surface area contributed by atoms with Gasteiger partial charge < -0.3 is 9.88 Å². The van der Waals surface area contributed by atoms with Gasteiger partial charge in [0.2, 0.25) is 5.91 Å². The maximum absolute atomic E-state index is 12.8. The number of rotatable bonds is 9. The minimum Gasteiger partial charge on any atom is -0.343 e. The van der Waals surface area contributed by atoms with E-state index in [1.165, 1.54) is 0 Å². The maximum Gasteiger partial charge on any atom is 0.262 e. The van der Waals surface area contributed by atoms with Crippen molar-refractivity contribution in [2.24, 2.45) is 0 Å². The lowest BCUT2D eigenvalue weighted by molar-refractivity contribution is -0.127. The van der Waals surface area contributed by atoms with Crippen molar-refractivity contribution in [3.8, 4) is 0 Å². The Bertz CT molecular complexity index is 993. The van der Waals surface area contributed by atoms with E-state index in [1.54, 1.807) is 22.8 Å². The van der Waals surface area contributed by atoms with Crippen LogP contribution in [0.5, 0.6) is 0 Å². The summed E-state index contributed by atoms with van der Waals surface area (Å²) in [6, 6.07) is 5.16. The molecule has 0 bridgehead atoms. The van der Waals surface area contributed by atoms with E-state index in [9.17, 15) is 14.4 Å². The van der Waals surface area contributed by atoms with Crippen molar-refractivity contribution in [1.29, 1.82) is 0 Å². The fourth-order valence-corrected chi connectivity index (χ4v) is 3.96. The van der Waals surface area contributed by atoms with Gasteiger partial charge in [0.25, 0.3) is 5.56 Å². The van der Waals surface area contributed by atoms with Crippen molar-refractivity contribution in [1.82, 2.24) is 14.5 Å². The minimum absolute atomic E-state index is 0.0918. The molecule has 1 amide bonds. The number of hydrogen-bond donors (Lipinski definition) is 1. The van der Waals surface area contributed by atoms with E-state index in [0.29, 0.717) is 53.6 Å². The van der Waals surface area contributed by atoms with Gasteiger partial charge in [0, 0.05) is 38.0 Å². The molecule has 1 aliphatic rings. The second kappa shape index (κ2) is 9.28. The van der Waals surface area contributed by atoms with E-state index < -0.39 is 0 Å². The molecule has 2 heterocycles. The Morgan fingerprint density at radius 3 is 2.71 bits per heavy atom. The summed E-state index contributed by atoms with van der Waals surface area (Å²) in [6.45, 7) is 4.01. The number of Topliss-reactive ketones (excluding diaryl/α,β-unsaturated/α-hetero) is 1. The molecule has 1 fully saturated rings. The summed E-state index contributed by atoms with van der Waals surface area (Å²) >= 11 is 5.37. The molecule has 1 aliphatic heterocycles. The first-order valence-corrected chi connectivity index (χ1v) is 10.5. The van der Waals surface area contributed by atoms with E-state index >= 15 is 0 Å². The Balaban J connectivity index is 1.75. The highest BCUT2D eigenvalue weighted by molar-refractivity contribution is 7.71. The number of nitrogens with zero attached hydrogens (tertiary/aromatic N) is 2. The highest BCUT2D eigenvalue weighted by Crippen LogP contribution is 2.15. The first-order chi connectivity index (χ1) is 13.5. The molecule has 0 radical (unpaired) electrons. The van der Waals surface area contributed by atoms with Crippen LogP contribution in [0.3, 0.4) is 0 Å². The topological polar surface area (TPSA) is 75.2 Å². The van der Waals surface area contributed by atoms with Crippen molar-refractivity contribution >= 4 is 34.8 Å². The van der Waals surface area contributed by atoms with Crippen LogP contribution in [0.25, 0.3) is 10.9 Å². The van der Waals surface area contributed by atoms with Gasteiger partial charge in [-0.05, 0) is 43.6 Å². The number of unbranched alkanes of at least 4 members (excludes halogenated alkanes) is 2. The van der Waals surface area contributed by atoms with Crippen LogP contribution in [-0.2, 0) is 11.3 Å². The number of hydrogen-bond acceptors (Lipinski definition) is 4. The fourth-order valence-electron chi connectivity index (χ4n) is 3.67. The summed E-state index contributed by atoms with van der Waals surface area (Å²) in [6.07, 6.45) is 5.72. The van der Waals surface area contributed by atoms with Gasteiger partial charge in [-0.15, -0.1) is 0 Å². The number of H-pyrrole nitrogens is 1. The monoisotopic (exact) mass is 401 g/mol. The van der Waals surface area contributed by atoms with Crippen LogP contribution in [-0.4, -0.2) is 39.2 Å². The van der Waals surface area contributed by atoms with E-state index in [-0.39, 0.29) is 17.2 Å². The molecule has 150 valence electrons. The fraction of sp³-hybridized carbons (Fsp3) is 0.524. The Morgan fingerprint density at radius 1 is 1.18 bits per heavy atom. The lowest BCUT2D eigenvalue weighted by atomic mass is 10.0. The van der Waals surface area contributed by atoms with Gasteiger partial charge in [0.15, 0.2) is 10.6 Å². The minimum atomic E-state index is -0.156. The van der Waals surface area contributed by atoms with E-state index in [2.05, 4.69) is 11.9 Å². The van der Waals surface area contributed by atoms with Gasteiger partial charge in [-0.1, -0.05) is 25.8 Å². The number of benzene rings is 1. The molecule has 6 nitrogen and oxygen atoms in total. The van der Waals surface area contributed by atoms with Crippen molar-refractivity contribution in [2.75, 3.05) is 13.1 Å². The van der Waals surface area contributed by atoms with Crippen LogP contribution in [0.1, 0.15) is 62.2 Å². The Morgan fingerprint density at radius 2 is 2.00 bits per heavy atom. The van der Waals surface area contributed by atoms with Gasteiger partial charge in [-0.25, -0.2) is 0 Å². The average Bonchev–Trinajstić information content (AvgIpc) is 3.09. The van der Waals surface area contributed by atoms with Crippen LogP contribution in [0.4, 0.5) is 0 Å². The van der Waals surface area contributed by atoms with Gasteiger partial charge in [-0.2, -0.15) is 0 Å². The molecule has 0 saturated carbocycles. The molecule has 1 aromatic heterocycles. The molecular formula is C21H27N3O3S. The molecule has 0 aliphatic carbocycles. The standard InChI is InChI=1S/C21H27N3O3S/c1-2-3-4-7-18(25)15-9-10-16-17(14-15)22-21(28)24(20(16)27)13-6-12-23-11-5-8-19(23)26/h9-10,14H,2-8,11-13H2,1H3,(H,22,28). The number of aromatic amines is 1. The van der Waals surface area contributed by atoms with Crippen molar-refractivity contribution in [3.63, 3.8) is 0 Å². The summed E-state index contributed by atoms with van der Waals surface area (Å²) in [7, 11) is 0. The quantitative estimate of drug-likeness (QED) is 0.394.